The highest BCUT2D eigenvalue weighted by molar-refractivity contribution is 6.31. The van der Waals surface area contributed by atoms with Crippen molar-refractivity contribution < 1.29 is 4.39 Å². The minimum absolute atomic E-state index is 0.247. The SMILES string of the molecule is CCC(CC)C(C#N)c1ccc(F)cc1Cl. The van der Waals surface area contributed by atoms with Gasteiger partial charge in [0.2, 0.25) is 0 Å². The number of benzene rings is 1. The van der Waals surface area contributed by atoms with E-state index in [4.69, 9.17) is 11.6 Å². The van der Waals surface area contributed by atoms with Gasteiger partial charge in [0.05, 0.1) is 12.0 Å². The van der Waals surface area contributed by atoms with Crippen LogP contribution in [0.3, 0.4) is 0 Å². The zero-order valence-corrected chi connectivity index (χ0v) is 10.3. The molecule has 0 fully saturated rings. The summed E-state index contributed by atoms with van der Waals surface area (Å²) in [5.74, 6) is -0.342. The molecule has 86 valence electrons. The van der Waals surface area contributed by atoms with E-state index < -0.39 is 0 Å². The van der Waals surface area contributed by atoms with Crippen LogP contribution in [-0.4, -0.2) is 0 Å². The van der Waals surface area contributed by atoms with E-state index in [9.17, 15) is 9.65 Å². The van der Waals surface area contributed by atoms with E-state index in [1.165, 1.54) is 12.1 Å². The zero-order valence-electron chi connectivity index (χ0n) is 9.50. The van der Waals surface area contributed by atoms with Crippen molar-refractivity contribution in [2.24, 2.45) is 5.92 Å². The van der Waals surface area contributed by atoms with Gasteiger partial charge < -0.3 is 0 Å². The van der Waals surface area contributed by atoms with E-state index in [0.717, 1.165) is 18.4 Å². The molecule has 1 atom stereocenters. The Balaban J connectivity index is 3.09. The van der Waals surface area contributed by atoms with Crippen LogP contribution in [0.4, 0.5) is 4.39 Å². The maximum absolute atomic E-state index is 12.9. The van der Waals surface area contributed by atoms with Crippen molar-refractivity contribution in [2.45, 2.75) is 32.6 Å². The zero-order chi connectivity index (χ0) is 12.1. The van der Waals surface area contributed by atoms with Crippen LogP contribution in [0, 0.1) is 23.1 Å². The molecule has 3 heteroatoms. The van der Waals surface area contributed by atoms with Crippen molar-refractivity contribution in [2.75, 3.05) is 0 Å². The molecule has 0 saturated carbocycles. The molecule has 0 amide bonds. The lowest BCUT2D eigenvalue weighted by Gasteiger charge is -2.20. The molecule has 0 bridgehead atoms. The fourth-order valence-corrected chi connectivity index (χ4v) is 2.23. The quantitative estimate of drug-likeness (QED) is 0.758. The van der Waals surface area contributed by atoms with Crippen LogP contribution in [0.15, 0.2) is 18.2 Å². The second-order valence-corrected chi connectivity index (χ2v) is 4.26. The molecule has 1 nitrogen and oxygen atoms in total. The molecule has 0 aromatic heterocycles. The molecule has 1 aromatic carbocycles. The molecule has 1 rings (SSSR count). The van der Waals surface area contributed by atoms with Crippen LogP contribution in [0.2, 0.25) is 5.02 Å². The van der Waals surface area contributed by atoms with Gasteiger partial charge in [-0.05, 0) is 23.6 Å². The summed E-state index contributed by atoms with van der Waals surface area (Å²) in [6.45, 7) is 4.10. The predicted molar refractivity (Wildman–Crippen MR) is 63.8 cm³/mol. The second kappa shape index (κ2) is 5.86. The molecular formula is C13H15ClFN. The maximum atomic E-state index is 12.9. The first-order chi connectivity index (χ1) is 7.63. The largest absolute Gasteiger partial charge is 0.207 e. The second-order valence-electron chi connectivity index (χ2n) is 3.85. The number of hydrogen-bond donors (Lipinski definition) is 0. The molecule has 0 aliphatic carbocycles. The lowest BCUT2D eigenvalue weighted by atomic mass is 9.84. The van der Waals surface area contributed by atoms with Crippen LogP contribution in [0.25, 0.3) is 0 Å². The van der Waals surface area contributed by atoms with E-state index in [0.29, 0.717) is 5.02 Å². The average Bonchev–Trinajstić information content (AvgIpc) is 2.27. The number of hydrogen-bond acceptors (Lipinski definition) is 1. The van der Waals surface area contributed by atoms with Crippen LogP contribution < -0.4 is 0 Å². The number of halogens is 2. The molecule has 0 spiro atoms. The van der Waals surface area contributed by atoms with Gasteiger partial charge in [0.1, 0.15) is 5.82 Å². The molecular weight excluding hydrogens is 225 g/mol. The molecule has 0 saturated heterocycles. The summed E-state index contributed by atoms with van der Waals surface area (Å²) in [4.78, 5) is 0. The monoisotopic (exact) mass is 239 g/mol. The van der Waals surface area contributed by atoms with Crippen LogP contribution in [0.5, 0.6) is 0 Å². The van der Waals surface area contributed by atoms with Crippen molar-refractivity contribution in [3.8, 4) is 6.07 Å². The Morgan fingerprint density at radius 3 is 2.44 bits per heavy atom. The number of rotatable bonds is 4. The Labute approximate surface area is 101 Å². The first-order valence-corrected chi connectivity index (χ1v) is 5.86. The van der Waals surface area contributed by atoms with E-state index in [2.05, 4.69) is 19.9 Å². The maximum Gasteiger partial charge on any atom is 0.124 e. The summed E-state index contributed by atoms with van der Waals surface area (Å²) in [5.41, 5.74) is 0.735. The molecule has 0 radical (unpaired) electrons. The highest BCUT2D eigenvalue weighted by atomic mass is 35.5. The summed E-state index contributed by atoms with van der Waals surface area (Å²) < 4.78 is 12.9. The molecule has 0 aliphatic heterocycles. The molecule has 16 heavy (non-hydrogen) atoms. The molecule has 0 aliphatic rings. The van der Waals surface area contributed by atoms with E-state index >= 15 is 0 Å². The fraction of sp³-hybridized carbons (Fsp3) is 0.462. The van der Waals surface area contributed by atoms with E-state index in [1.54, 1.807) is 6.07 Å². The predicted octanol–water partition coefficient (Wildman–Crippen LogP) is 4.52. The third kappa shape index (κ3) is 2.74. The lowest BCUT2D eigenvalue weighted by molar-refractivity contribution is 0.452. The minimum Gasteiger partial charge on any atom is -0.207 e. The normalized spacial score (nSPS) is 12.5. The summed E-state index contributed by atoms with van der Waals surface area (Å²) in [7, 11) is 0. The molecule has 0 heterocycles. The van der Waals surface area contributed by atoms with Gasteiger partial charge in [-0.15, -0.1) is 0 Å². The van der Waals surface area contributed by atoms with Gasteiger partial charge in [-0.3, -0.25) is 0 Å². The third-order valence-electron chi connectivity index (χ3n) is 2.96. The van der Waals surface area contributed by atoms with Crippen molar-refractivity contribution >= 4 is 11.6 Å². The topological polar surface area (TPSA) is 23.8 Å². The highest BCUT2D eigenvalue weighted by Crippen LogP contribution is 2.33. The van der Waals surface area contributed by atoms with Crippen LogP contribution in [0.1, 0.15) is 38.2 Å². The number of nitrogens with zero attached hydrogens (tertiary/aromatic N) is 1. The van der Waals surface area contributed by atoms with Gasteiger partial charge in [-0.2, -0.15) is 5.26 Å². The fourth-order valence-electron chi connectivity index (χ4n) is 1.94. The number of nitriles is 1. The Morgan fingerprint density at radius 2 is 2.00 bits per heavy atom. The Hall–Kier alpha value is -1.07. The van der Waals surface area contributed by atoms with Gasteiger partial charge in [0.15, 0.2) is 0 Å². The van der Waals surface area contributed by atoms with Crippen molar-refractivity contribution in [1.29, 1.82) is 5.26 Å². The first-order valence-electron chi connectivity index (χ1n) is 5.48. The van der Waals surface area contributed by atoms with Gasteiger partial charge >= 0.3 is 0 Å². The average molecular weight is 240 g/mol. The summed E-state index contributed by atoms with van der Waals surface area (Å²) in [5, 5.41) is 9.55. The minimum atomic E-state index is -0.366. The Morgan fingerprint density at radius 1 is 1.38 bits per heavy atom. The van der Waals surface area contributed by atoms with E-state index in [1.807, 2.05) is 0 Å². The summed E-state index contributed by atoms with van der Waals surface area (Å²) >= 11 is 5.97. The molecule has 1 unspecified atom stereocenters. The van der Waals surface area contributed by atoms with Crippen molar-refractivity contribution in [3.63, 3.8) is 0 Å². The third-order valence-corrected chi connectivity index (χ3v) is 3.28. The van der Waals surface area contributed by atoms with Gasteiger partial charge in [-0.1, -0.05) is 44.4 Å². The van der Waals surface area contributed by atoms with Crippen LogP contribution >= 0.6 is 11.6 Å². The van der Waals surface area contributed by atoms with E-state index in [-0.39, 0.29) is 17.7 Å². The van der Waals surface area contributed by atoms with Crippen molar-refractivity contribution in [1.82, 2.24) is 0 Å². The van der Waals surface area contributed by atoms with Gasteiger partial charge in [-0.25, -0.2) is 4.39 Å². The Kier molecular flexibility index (Phi) is 4.76. The highest BCUT2D eigenvalue weighted by Gasteiger charge is 2.22. The van der Waals surface area contributed by atoms with Crippen molar-refractivity contribution in [3.05, 3.63) is 34.6 Å². The van der Waals surface area contributed by atoms with Crippen LogP contribution in [-0.2, 0) is 0 Å². The standard InChI is InChI=1S/C13H15ClFN/c1-3-9(4-2)12(8-16)11-6-5-10(15)7-13(11)14/h5-7,9,12H,3-4H2,1-2H3. The van der Waals surface area contributed by atoms with Gasteiger partial charge in [0, 0.05) is 5.02 Å². The first kappa shape index (κ1) is 13.0. The summed E-state index contributed by atoms with van der Waals surface area (Å²) in [6, 6.07) is 6.51. The molecule has 1 aromatic rings. The Bertz CT molecular complexity index is 393. The lowest BCUT2D eigenvalue weighted by Crippen LogP contribution is -2.10. The smallest absolute Gasteiger partial charge is 0.124 e. The molecule has 0 N–H and O–H groups in total. The van der Waals surface area contributed by atoms with Gasteiger partial charge in [0.25, 0.3) is 0 Å². The summed E-state index contributed by atoms with van der Waals surface area (Å²) in [6.07, 6.45) is 1.84.